The lowest BCUT2D eigenvalue weighted by Gasteiger charge is -2.27. The van der Waals surface area contributed by atoms with Crippen molar-refractivity contribution in [1.29, 1.82) is 0 Å². The van der Waals surface area contributed by atoms with E-state index in [9.17, 15) is 13.5 Å². The summed E-state index contributed by atoms with van der Waals surface area (Å²) in [6.45, 7) is 0.909. The molecule has 0 aromatic heterocycles. The van der Waals surface area contributed by atoms with E-state index in [0.29, 0.717) is 5.69 Å². The zero-order valence-corrected chi connectivity index (χ0v) is 12.6. The second-order valence-corrected chi connectivity index (χ2v) is 7.33. The van der Waals surface area contributed by atoms with Crippen molar-refractivity contribution in [1.82, 2.24) is 4.31 Å². The van der Waals surface area contributed by atoms with Crippen LogP contribution in [0.3, 0.4) is 0 Å². The SMILES string of the molecule is CN(C)S(=O)(=O)c1ccc(N2CCCC2CO)c(N)c1. The number of hydrogen-bond acceptors (Lipinski definition) is 5. The number of aliphatic hydroxyl groups is 1. The number of rotatable bonds is 4. The van der Waals surface area contributed by atoms with E-state index in [1.807, 2.05) is 4.90 Å². The highest BCUT2D eigenvalue weighted by atomic mass is 32.2. The van der Waals surface area contributed by atoms with Gasteiger partial charge in [-0.15, -0.1) is 0 Å². The van der Waals surface area contributed by atoms with Gasteiger partial charge >= 0.3 is 0 Å². The van der Waals surface area contributed by atoms with E-state index in [0.717, 1.165) is 29.4 Å². The van der Waals surface area contributed by atoms with Crippen LogP contribution in [0.5, 0.6) is 0 Å². The molecule has 1 saturated heterocycles. The van der Waals surface area contributed by atoms with Crippen molar-refractivity contribution in [2.75, 3.05) is 37.9 Å². The molecule has 1 unspecified atom stereocenters. The predicted octanol–water partition coefficient (Wildman–Crippen LogP) is 0.480. The first-order valence-corrected chi connectivity index (χ1v) is 8.01. The molecule has 0 aliphatic carbocycles. The minimum Gasteiger partial charge on any atom is -0.397 e. The van der Waals surface area contributed by atoms with E-state index in [1.165, 1.54) is 20.2 Å². The maximum atomic E-state index is 12.1. The number of nitrogen functional groups attached to an aromatic ring is 1. The van der Waals surface area contributed by atoms with Crippen LogP contribution in [0.25, 0.3) is 0 Å². The van der Waals surface area contributed by atoms with Crippen molar-refractivity contribution in [2.45, 2.75) is 23.8 Å². The predicted molar refractivity (Wildman–Crippen MR) is 79.2 cm³/mol. The number of benzene rings is 1. The van der Waals surface area contributed by atoms with Crippen LogP contribution < -0.4 is 10.6 Å². The molecule has 0 radical (unpaired) electrons. The fraction of sp³-hybridized carbons (Fsp3) is 0.538. The molecule has 1 fully saturated rings. The lowest BCUT2D eigenvalue weighted by Crippen LogP contribution is -2.32. The van der Waals surface area contributed by atoms with Crippen LogP contribution in [0, 0.1) is 0 Å². The third-order valence-corrected chi connectivity index (χ3v) is 5.49. The maximum Gasteiger partial charge on any atom is 0.242 e. The van der Waals surface area contributed by atoms with Gasteiger partial charge in [-0.3, -0.25) is 0 Å². The Morgan fingerprint density at radius 3 is 2.70 bits per heavy atom. The van der Waals surface area contributed by atoms with Gasteiger partial charge in [-0.1, -0.05) is 0 Å². The molecule has 112 valence electrons. The first kappa shape index (κ1) is 15.1. The van der Waals surface area contributed by atoms with E-state index in [1.54, 1.807) is 12.1 Å². The Hall–Kier alpha value is -1.31. The summed E-state index contributed by atoms with van der Waals surface area (Å²) in [4.78, 5) is 2.23. The number of hydrogen-bond donors (Lipinski definition) is 2. The van der Waals surface area contributed by atoms with Crippen molar-refractivity contribution in [3.8, 4) is 0 Å². The van der Waals surface area contributed by atoms with Gasteiger partial charge in [0.2, 0.25) is 10.0 Å². The van der Waals surface area contributed by atoms with Crippen molar-refractivity contribution >= 4 is 21.4 Å². The third-order valence-electron chi connectivity index (χ3n) is 3.67. The summed E-state index contributed by atoms with van der Waals surface area (Å²) < 4.78 is 25.3. The topological polar surface area (TPSA) is 86.9 Å². The quantitative estimate of drug-likeness (QED) is 0.790. The summed E-state index contributed by atoms with van der Waals surface area (Å²) in [6.07, 6.45) is 1.93. The molecule has 7 heteroatoms. The van der Waals surface area contributed by atoms with E-state index in [4.69, 9.17) is 5.73 Å². The molecule has 1 atom stereocenters. The van der Waals surface area contributed by atoms with Crippen LogP contribution in [0.4, 0.5) is 11.4 Å². The molecule has 6 nitrogen and oxygen atoms in total. The molecule has 0 saturated carbocycles. The first-order chi connectivity index (χ1) is 9.37. The highest BCUT2D eigenvalue weighted by Crippen LogP contribution is 2.32. The highest BCUT2D eigenvalue weighted by Gasteiger charge is 2.26. The lowest BCUT2D eigenvalue weighted by atomic mass is 10.2. The largest absolute Gasteiger partial charge is 0.397 e. The van der Waals surface area contributed by atoms with Gasteiger partial charge < -0.3 is 15.7 Å². The van der Waals surface area contributed by atoms with Crippen LogP contribution in [-0.4, -0.2) is 51.1 Å². The zero-order chi connectivity index (χ0) is 14.9. The Bertz CT molecular complexity index is 587. The van der Waals surface area contributed by atoms with Gasteiger partial charge in [-0.2, -0.15) is 0 Å². The first-order valence-electron chi connectivity index (χ1n) is 6.57. The summed E-state index contributed by atoms with van der Waals surface area (Å²) in [6, 6.07) is 4.83. The summed E-state index contributed by atoms with van der Waals surface area (Å²) >= 11 is 0. The molecule has 1 aliphatic heterocycles. The monoisotopic (exact) mass is 299 g/mol. The second-order valence-electron chi connectivity index (χ2n) is 5.18. The third kappa shape index (κ3) is 2.61. The smallest absolute Gasteiger partial charge is 0.242 e. The standard InChI is InChI=1S/C13H21N3O3S/c1-15(2)20(18,19)11-5-6-13(12(14)8-11)16-7-3-4-10(16)9-17/h5-6,8,10,17H,3-4,7,9,14H2,1-2H3. The van der Waals surface area contributed by atoms with Gasteiger partial charge in [-0.05, 0) is 31.0 Å². The Morgan fingerprint density at radius 1 is 1.45 bits per heavy atom. The van der Waals surface area contributed by atoms with Gasteiger partial charge in [0.15, 0.2) is 0 Å². The number of nitrogens with two attached hydrogens (primary N) is 1. The highest BCUT2D eigenvalue weighted by molar-refractivity contribution is 7.89. The number of nitrogens with zero attached hydrogens (tertiary/aromatic N) is 2. The Kier molecular flexibility index (Phi) is 4.22. The number of anilines is 2. The van der Waals surface area contributed by atoms with Crippen molar-refractivity contribution in [3.05, 3.63) is 18.2 Å². The van der Waals surface area contributed by atoms with Crippen LogP contribution in [0.15, 0.2) is 23.1 Å². The molecule has 2 rings (SSSR count). The molecule has 0 spiro atoms. The van der Waals surface area contributed by atoms with Crippen molar-refractivity contribution < 1.29 is 13.5 Å². The average molecular weight is 299 g/mol. The minimum atomic E-state index is -3.47. The van der Waals surface area contributed by atoms with Crippen LogP contribution in [-0.2, 0) is 10.0 Å². The zero-order valence-electron chi connectivity index (χ0n) is 11.8. The minimum absolute atomic E-state index is 0.0635. The molecule has 1 aromatic rings. The van der Waals surface area contributed by atoms with Crippen molar-refractivity contribution in [3.63, 3.8) is 0 Å². The molecule has 20 heavy (non-hydrogen) atoms. The fourth-order valence-corrected chi connectivity index (χ4v) is 3.45. The molecule has 0 amide bonds. The van der Waals surface area contributed by atoms with Gasteiger partial charge in [-0.25, -0.2) is 12.7 Å². The van der Waals surface area contributed by atoms with Gasteiger partial charge in [0.1, 0.15) is 0 Å². The van der Waals surface area contributed by atoms with Gasteiger partial charge in [0.25, 0.3) is 0 Å². The molecular weight excluding hydrogens is 278 g/mol. The van der Waals surface area contributed by atoms with Crippen LogP contribution in [0.2, 0.25) is 0 Å². The number of aliphatic hydroxyl groups excluding tert-OH is 1. The normalized spacial score (nSPS) is 19.8. The van der Waals surface area contributed by atoms with Crippen molar-refractivity contribution in [2.24, 2.45) is 0 Å². The van der Waals surface area contributed by atoms with E-state index in [2.05, 4.69) is 0 Å². The molecule has 1 aliphatic rings. The molecule has 0 bridgehead atoms. The maximum absolute atomic E-state index is 12.1. The summed E-state index contributed by atoms with van der Waals surface area (Å²) in [5.41, 5.74) is 7.22. The van der Waals surface area contributed by atoms with Gasteiger partial charge in [0, 0.05) is 20.6 Å². The summed E-state index contributed by atoms with van der Waals surface area (Å²) in [5.74, 6) is 0. The molecule has 1 aromatic carbocycles. The number of sulfonamides is 1. The van der Waals surface area contributed by atoms with Crippen LogP contribution >= 0.6 is 0 Å². The van der Waals surface area contributed by atoms with E-state index >= 15 is 0 Å². The Balaban J connectivity index is 2.36. The average Bonchev–Trinajstić information content (AvgIpc) is 2.86. The van der Waals surface area contributed by atoms with Crippen LogP contribution in [0.1, 0.15) is 12.8 Å². The van der Waals surface area contributed by atoms with E-state index in [-0.39, 0.29) is 17.5 Å². The van der Waals surface area contributed by atoms with E-state index < -0.39 is 10.0 Å². The summed E-state index contributed by atoms with van der Waals surface area (Å²) in [7, 11) is -0.498. The second kappa shape index (κ2) is 5.59. The molecule has 3 N–H and O–H groups in total. The molecular formula is C13H21N3O3S. The molecule has 1 heterocycles. The summed E-state index contributed by atoms with van der Waals surface area (Å²) in [5, 5.41) is 9.36. The Labute approximate surface area is 119 Å². The van der Waals surface area contributed by atoms with Gasteiger partial charge in [0.05, 0.1) is 28.9 Å². The fourth-order valence-electron chi connectivity index (χ4n) is 2.51. The Morgan fingerprint density at radius 2 is 2.15 bits per heavy atom. The lowest BCUT2D eigenvalue weighted by molar-refractivity contribution is 0.266.